The van der Waals surface area contributed by atoms with Crippen molar-refractivity contribution in [2.75, 3.05) is 96.6 Å². The van der Waals surface area contributed by atoms with Crippen LogP contribution in [0.25, 0.3) is 43.9 Å². The molecule has 5 atom stereocenters. The van der Waals surface area contributed by atoms with E-state index in [-0.39, 0.29) is 109 Å². The Morgan fingerprint density at radius 3 is 2.22 bits per heavy atom. The van der Waals surface area contributed by atoms with Crippen LogP contribution in [0, 0.1) is 22.2 Å². The number of hydrogen-bond acceptors (Lipinski definition) is 31. The summed E-state index contributed by atoms with van der Waals surface area (Å²) in [5, 5.41) is 28.3. The number of carboxylic acid groups (broad SMARTS) is 1. The van der Waals surface area contributed by atoms with E-state index in [1.165, 1.54) is 33.7 Å². The number of aromatic nitrogens is 2. The summed E-state index contributed by atoms with van der Waals surface area (Å²) in [7, 11) is -24.7. The van der Waals surface area contributed by atoms with Crippen LogP contribution in [0.2, 0.25) is 0 Å². The normalized spacial score (nSPS) is 16.0. The first-order valence-corrected chi connectivity index (χ1v) is 38.6. The van der Waals surface area contributed by atoms with Crippen molar-refractivity contribution in [3.05, 3.63) is 96.5 Å². The van der Waals surface area contributed by atoms with E-state index in [1.54, 1.807) is 4.95 Å². The Balaban J connectivity index is 0.814. The third kappa shape index (κ3) is 25.1. The number of azide groups is 1. The molecule has 2 aliphatic heterocycles. The number of ether oxygens (including phenoxy) is 7. The second kappa shape index (κ2) is 37.0. The van der Waals surface area contributed by atoms with Gasteiger partial charge in [0, 0.05) is 69.0 Å². The Kier molecular flexibility index (Phi) is 30.1. The summed E-state index contributed by atoms with van der Waals surface area (Å²) < 4.78 is 163. The van der Waals surface area contributed by atoms with Crippen molar-refractivity contribution in [3.8, 4) is 34.3 Å². The summed E-state index contributed by atoms with van der Waals surface area (Å²) in [6.07, 6.45) is -2.89. The van der Waals surface area contributed by atoms with E-state index in [9.17, 15) is 78.5 Å². The number of unbranched alkanes of at least 4 members (excludes halogenated alkanes) is 1. The molecule has 3 amide bonds. The highest BCUT2D eigenvalue weighted by molar-refractivity contribution is 8.77. The van der Waals surface area contributed by atoms with Crippen molar-refractivity contribution in [2.24, 2.45) is 10.1 Å². The van der Waals surface area contributed by atoms with Gasteiger partial charge in [0.15, 0.2) is 21.1 Å². The maximum Gasteiger partial charge on any atom is 0.507 e. The van der Waals surface area contributed by atoms with E-state index < -0.39 is 143 Å². The van der Waals surface area contributed by atoms with E-state index in [2.05, 4.69) is 55.9 Å². The van der Waals surface area contributed by atoms with Gasteiger partial charge in [0.2, 0.25) is 0 Å². The van der Waals surface area contributed by atoms with E-state index in [0.29, 0.717) is 31.8 Å². The van der Waals surface area contributed by atoms with Gasteiger partial charge in [-0.3, -0.25) is 28.4 Å². The maximum atomic E-state index is 13.4. The van der Waals surface area contributed by atoms with Crippen LogP contribution in [0.4, 0.5) is 21.1 Å². The number of carbonyl (C=O) groups excluding carboxylic acids is 3. The minimum Gasteiger partial charge on any atom is -0.478 e. The van der Waals surface area contributed by atoms with E-state index in [0.717, 1.165) is 41.1 Å². The number of nitrogens with two attached hydrogens (primary N) is 2. The lowest BCUT2D eigenvalue weighted by atomic mass is 9.89. The van der Waals surface area contributed by atoms with E-state index >= 15 is 0 Å². The average Bonchev–Trinajstić information content (AvgIpc) is 0.759. The first-order chi connectivity index (χ1) is 47.5. The van der Waals surface area contributed by atoms with Crippen LogP contribution >= 0.6 is 45.0 Å². The molecule has 14 N–H and O–H groups in total. The number of nitrogens with one attached hydrogen (secondary N) is 4. The quantitative estimate of drug-likeness (QED) is 0.00195. The van der Waals surface area contributed by atoms with Gasteiger partial charge in [0.1, 0.15) is 30.8 Å². The number of phosphoric ester groups is 1. The number of anilines is 2. The molecule has 1 aliphatic carbocycles. The first kappa shape index (κ1) is 82.3. The highest BCUT2D eigenvalue weighted by Crippen LogP contribution is 2.69. The number of rotatable bonds is 39. The SMILES string of the molecule is CC(C)(CCOC(=O)NCCOCCOCCNC(=O)c1ccc(C(=O)O)c(-c2c3ccc(=N)c(S(=O)(=O)O)c-3oc3c(S(=O)(=O)O)c(N)ccc23)c1)SSCOCCCCOC(=O)NCC#Cc1cn([C@H]2C[C@@H](OCN=[N+]=[N-])[C@@H](COP(=O)(O)OP(=O)(N=O)OP(=O)(O)O)O2)c(=O)nc1N. The topological polar surface area (TPSA) is 640 Å². The third-order valence-electron chi connectivity index (χ3n) is 13.3. The maximum absolute atomic E-state index is 13.4. The Morgan fingerprint density at radius 1 is 0.881 bits per heavy atom. The summed E-state index contributed by atoms with van der Waals surface area (Å²) in [5.74, 6) is 2.25. The first-order valence-electron chi connectivity index (χ1n) is 28.9. The molecule has 1 fully saturated rings. The number of nitrogen functional groups attached to an aromatic ring is 2. The van der Waals surface area contributed by atoms with Crippen LogP contribution in [-0.4, -0.2) is 181 Å². The van der Waals surface area contributed by atoms with Gasteiger partial charge in [0.25, 0.3) is 26.1 Å². The average molecular weight is 1560 g/mol. The van der Waals surface area contributed by atoms with Gasteiger partial charge in [-0.15, -0.1) is 4.91 Å². The Labute approximate surface area is 579 Å². The van der Waals surface area contributed by atoms with Crippen LogP contribution in [-0.2, 0) is 80.2 Å². The highest BCUT2D eigenvalue weighted by atomic mass is 33.1. The predicted molar refractivity (Wildman–Crippen MR) is 352 cm³/mol. The molecule has 42 nitrogen and oxygen atoms in total. The van der Waals surface area contributed by atoms with Gasteiger partial charge in [-0.2, -0.15) is 30.4 Å². The zero-order valence-electron chi connectivity index (χ0n) is 52.7. The number of nitrogens with zero attached hydrogens (tertiary/aromatic N) is 6. The molecule has 3 aromatic rings. The lowest BCUT2D eigenvalue weighted by Gasteiger charge is -2.22. The smallest absolute Gasteiger partial charge is 0.478 e. The second-order valence-corrected chi connectivity index (χ2v) is 31.3. The minimum absolute atomic E-state index is 0.00703. The van der Waals surface area contributed by atoms with Crippen molar-refractivity contribution < 1.29 is 129 Å². The molecule has 3 aliphatic rings. The Bertz CT molecular complexity index is 4470. The zero-order chi connectivity index (χ0) is 74.5. The molecule has 2 unspecified atom stereocenters. The molecule has 0 spiro atoms. The molecule has 0 radical (unpaired) electrons. The highest BCUT2D eigenvalue weighted by Gasteiger charge is 2.46. The summed E-state index contributed by atoms with van der Waals surface area (Å²) in [5.41, 5.74) is 16.9. The van der Waals surface area contributed by atoms with Crippen LogP contribution in [0.3, 0.4) is 0 Å². The molecule has 1 saturated heterocycles. The molecular weight excluding hydrogens is 1490 g/mol. The predicted octanol–water partition coefficient (Wildman–Crippen LogP) is 5.23. The molecule has 1 aromatic heterocycles. The summed E-state index contributed by atoms with van der Waals surface area (Å²) in [6, 6.07) is 7.79. The Hall–Kier alpha value is -7.67. The summed E-state index contributed by atoms with van der Waals surface area (Å²) in [6.45, 7) is 2.98. The molecule has 49 heteroatoms. The standard InChI is InChI=1S/C52H65N12O30P3S4/c1-52(2,99-98-29-86-17-3-4-18-87-50(69)58-14-5-6-31-26-64(49(68)61-46(31)55)40-25-38(89-28-60-62-56)39(91-40)27-90-97(76,77)94-95(72,63-71)93-96(73,74)75)13-19-88-51(70)59-16-21-85-23-22-84-20-15-57-47(65)30-7-8-32(48(66)67)35(24-30)41-33-9-11-36(53)44(100(78,79)80)42(33)92-43-34(41)10-12-37(54)45(43)101(81,82)83/h7-12,24,26,38-40,53H,3-4,13-23,25,27-29,54H2,1-2H3,(H,57,65)(H,58,69)(H,59,70)(H,66,67)(H,76,77)(H2,55,61,68)(H2,73,74,75)(H,78,79,80)(H,81,82,83)/t38-,39-,40-,95?/m1/s1. The molecular formula is C52H65N12O30P3S4. The van der Waals surface area contributed by atoms with Crippen molar-refractivity contribution in [3.63, 3.8) is 0 Å². The number of nitroso groups, excluding NO2 is 1. The lowest BCUT2D eigenvalue weighted by molar-refractivity contribution is -0.0599. The van der Waals surface area contributed by atoms with Crippen LogP contribution in [0.1, 0.15) is 72.0 Å². The van der Waals surface area contributed by atoms with Crippen molar-refractivity contribution in [1.29, 1.82) is 5.41 Å². The van der Waals surface area contributed by atoms with Crippen LogP contribution < -0.4 is 38.5 Å². The van der Waals surface area contributed by atoms with Crippen molar-refractivity contribution in [1.82, 2.24) is 25.5 Å². The Morgan fingerprint density at radius 2 is 1.55 bits per heavy atom. The summed E-state index contributed by atoms with van der Waals surface area (Å²) >= 11 is 0. The molecule has 2 aromatic carbocycles. The third-order valence-corrected chi connectivity index (χ3v) is 22.2. The van der Waals surface area contributed by atoms with Gasteiger partial charge in [-0.25, -0.2) is 32.9 Å². The summed E-state index contributed by atoms with van der Waals surface area (Å²) in [4.78, 5) is 108. The number of phosphoric acid groups is 2. The zero-order valence-corrected chi connectivity index (χ0v) is 58.6. The van der Waals surface area contributed by atoms with Crippen molar-refractivity contribution >= 4 is 112 Å². The van der Waals surface area contributed by atoms with E-state index in [1.807, 2.05) is 13.8 Å². The number of alkyl carbamates (subject to hydrolysis) is 2. The molecule has 552 valence electrons. The number of hydrogen-bond donors (Lipinski definition) is 12. The lowest BCUT2D eigenvalue weighted by Crippen LogP contribution is -2.30. The molecule has 0 bridgehead atoms. The minimum atomic E-state index is -5.78. The van der Waals surface area contributed by atoms with Crippen LogP contribution in [0.15, 0.2) is 77.7 Å². The fourth-order valence-electron chi connectivity index (χ4n) is 8.93. The second-order valence-electron chi connectivity index (χ2n) is 21.1. The fraction of sp³-hybridized carbons (Fsp3) is 0.442. The number of amides is 3. The number of fused-ring (bicyclic) bond motifs is 2. The number of aromatic carboxylic acids is 1. The monoisotopic (exact) mass is 1560 g/mol. The van der Waals surface area contributed by atoms with Crippen LogP contribution in [0.5, 0.6) is 0 Å². The van der Waals surface area contributed by atoms with Gasteiger partial charge in [-0.05, 0) is 86.7 Å². The van der Waals surface area contributed by atoms with E-state index in [4.69, 9.17) is 69.8 Å². The number of carbonyl (C=O) groups is 4. The van der Waals surface area contributed by atoms with Gasteiger partial charge in [0.05, 0.1) is 81.1 Å². The molecule has 0 saturated carbocycles. The number of benzene rings is 3. The molecule has 3 heterocycles. The van der Waals surface area contributed by atoms with Gasteiger partial charge >= 0.3 is 47.2 Å². The number of carboxylic acids is 1. The van der Waals surface area contributed by atoms with Crippen molar-refractivity contribution in [2.45, 2.75) is 72.5 Å². The van der Waals surface area contributed by atoms with Gasteiger partial charge in [-0.1, -0.05) is 38.5 Å². The molecule has 6 rings (SSSR count). The molecule has 101 heavy (non-hydrogen) atoms. The largest absolute Gasteiger partial charge is 0.507 e. The van der Waals surface area contributed by atoms with Gasteiger partial charge < -0.3 is 84.8 Å². The fourth-order valence-corrected chi connectivity index (χ4v) is 16.0.